The number of pyridine rings is 1. The fourth-order valence-corrected chi connectivity index (χ4v) is 5.64. The van der Waals surface area contributed by atoms with Crippen molar-refractivity contribution < 1.29 is 19.1 Å². The van der Waals surface area contributed by atoms with Gasteiger partial charge in [0.25, 0.3) is 5.91 Å². The van der Waals surface area contributed by atoms with Crippen LogP contribution < -0.4 is 26.0 Å². The van der Waals surface area contributed by atoms with Crippen molar-refractivity contribution in [3.8, 4) is 11.4 Å². The number of amides is 3. The normalized spacial score (nSPS) is 11.1. The highest BCUT2D eigenvalue weighted by Crippen LogP contribution is 2.32. The van der Waals surface area contributed by atoms with Crippen molar-refractivity contribution in [2.45, 2.75) is 59.7 Å². The molecule has 4 N–H and O–H groups in total. The van der Waals surface area contributed by atoms with Gasteiger partial charge < -0.3 is 25.4 Å². The van der Waals surface area contributed by atoms with Gasteiger partial charge in [0, 0.05) is 29.6 Å². The number of nitrogens with zero attached hydrogens (tertiary/aromatic N) is 5. The summed E-state index contributed by atoms with van der Waals surface area (Å²) in [5, 5.41) is 18.4. The van der Waals surface area contributed by atoms with Gasteiger partial charge in [-0.15, -0.1) is 0 Å². The van der Waals surface area contributed by atoms with E-state index in [-0.39, 0.29) is 30.3 Å². The Morgan fingerprint density at radius 2 is 1.69 bits per heavy atom. The maximum absolute atomic E-state index is 13.4. The lowest BCUT2D eigenvalue weighted by Gasteiger charge is -2.15. The standard InChI is InChI=1S/C41H45N9O4/c1-5-6-9-30-23-39(50(49-30)31-14-12-28(4)13-15-31)48-41(52)46-34-16-17-36(33-11-8-7-10-32(33)34)54-26-29-18-19-42-37(22-29)47-38-25-44-35(24-45-38)40(51)43-20-21-53-27(2)3/h7-8,10-19,22-25,27H,5-6,9,20-21,26H2,1-4H3,(H,43,51)(H,42,45,47)(H2,46,48,52). The van der Waals surface area contributed by atoms with Crippen molar-refractivity contribution in [1.82, 2.24) is 30.0 Å². The Kier molecular flexibility index (Phi) is 12.4. The van der Waals surface area contributed by atoms with Crippen LogP contribution in [0.1, 0.15) is 60.9 Å². The first kappa shape index (κ1) is 37.4. The summed E-state index contributed by atoms with van der Waals surface area (Å²) in [4.78, 5) is 38.7. The Bertz CT molecular complexity index is 2180. The van der Waals surface area contributed by atoms with Gasteiger partial charge in [0.05, 0.1) is 42.2 Å². The lowest BCUT2D eigenvalue weighted by Crippen LogP contribution is -2.28. The number of nitrogens with one attached hydrogen (secondary N) is 4. The smallest absolute Gasteiger partial charge is 0.324 e. The quantitative estimate of drug-likeness (QED) is 0.0726. The molecule has 0 saturated heterocycles. The van der Waals surface area contributed by atoms with E-state index >= 15 is 0 Å². The number of carbonyl (C=O) groups is 2. The molecule has 278 valence electrons. The van der Waals surface area contributed by atoms with Crippen molar-refractivity contribution in [2.24, 2.45) is 0 Å². The van der Waals surface area contributed by atoms with Crippen molar-refractivity contribution in [2.75, 3.05) is 29.1 Å². The van der Waals surface area contributed by atoms with Crippen LogP contribution in [0, 0.1) is 6.92 Å². The summed E-state index contributed by atoms with van der Waals surface area (Å²) in [6.07, 6.45) is 7.56. The van der Waals surface area contributed by atoms with Gasteiger partial charge >= 0.3 is 6.03 Å². The number of urea groups is 1. The van der Waals surface area contributed by atoms with Crippen molar-refractivity contribution in [3.63, 3.8) is 0 Å². The van der Waals surface area contributed by atoms with E-state index in [9.17, 15) is 9.59 Å². The summed E-state index contributed by atoms with van der Waals surface area (Å²) >= 11 is 0. The molecule has 3 heterocycles. The second-order valence-electron chi connectivity index (χ2n) is 13.0. The van der Waals surface area contributed by atoms with Crippen molar-refractivity contribution >= 4 is 45.9 Å². The fraction of sp³-hybridized carbons (Fsp3) is 0.268. The number of fused-ring (bicyclic) bond motifs is 1. The Labute approximate surface area is 314 Å². The Morgan fingerprint density at radius 3 is 2.44 bits per heavy atom. The molecule has 0 radical (unpaired) electrons. The van der Waals surface area contributed by atoms with Crippen LogP contribution in [0.5, 0.6) is 5.75 Å². The largest absolute Gasteiger partial charge is 0.488 e. The minimum absolute atomic E-state index is 0.0964. The topological polar surface area (TPSA) is 157 Å². The molecule has 0 saturated carbocycles. The molecule has 6 rings (SSSR count). The molecule has 3 aromatic heterocycles. The third kappa shape index (κ3) is 9.95. The molecule has 6 aromatic rings. The van der Waals surface area contributed by atoms with E-state index in [1.807, 2.05) is 99.6 Å². The van der Waals surface area contributed by atoms with Crippen LogP contribution in [0.2, 0.25) is 0 Å². The number of hydrogen-bond donors (Lipinski definition) is 4. The lowest BCUT2D eigenvalue weighted by atomic mass is 10.1. The van der Waals surface area contributed by atoms with E-state index in [0.29, 0.717) is 42.0 Å². The number of benzene rings is 3. The predicted molar refractivity (Wildman–Crippen MR) is 211 cm³/mol. The van der Waals surface area contributed by atoms with Crippen LogP contribution in [0.3, 0.4) is 0 Å². The van der Waals surface area contributed by atoms with Crippen LogP contribution in [0.15, 0.2) is 97.5 Å². The molecule has 3 aromatic carbocycles. The van der Waals surface area contributed by atoms with E-state index in [2.05, 4.69) is 43.1 Å². The maximum atomic E-state index is 13.4. The summed E-state index contributed by atoms with van der Waals surface area (Å²) in [6.45, 7) is 9.13. The van der Waals surface area contributed by atoms with Crippen LogP contribution in [0.25, 0.3) is 16.5 Å². The number of anilines is 4. The van der Waals surface area contributed by atoms with Gasteiger partial charge in [-0.3, -0.25) is 10.1 Å². The fourth-order valence-electron chi connectivity index (χ4n) is 5.64. The zero-order valence-corrected chi connectivity index (χ0v) is 30.9. The average molecular weight is 728 g/mol. The molecule has 13 heteroatoms. The molecule has 0 aliphatic carbocycles. The Hall–Kier alpha value is -6.34. The summed E-state index contributed by atoms with van der Waals surface area (Å²) in [7, 11) is 0. The number of rotatable bonds is 16. The molecule has 3 amide bonds. The van der Waals surface area contributed by atoms with E-state index in [0.717, 1.165) is 52.5 Å². The van der Waals surface area contributed by atoms with E-state index in [4.69, 9.17) is 14.6 Å². The van der Waals surface area contributed by atoms with Crippen molar-refractivity contribution in [1.29, 1.82) is 0 Å². The molecule has 54 heavy (non-hydrogen) atoms. The summed E-state index contributed by atoms with van der Waals surface area (Å²) in [6, 6.07) is 24.8. The number of ether oxygens (including phenoxy) is 2. The van der Waals surface area contributed by atoms with Crippen LogP contribution in [-0.2, 0) is 17.8 Å². The molecule has 0 aliphatic heterocycles. The lowest BCUT2D eigenvalue weighted by molar-refractivity contribution is 0.0744. The first-order valence-corrected chi connectivity index (χ1v) is 18.1. The van der Waals surface area contributed by atoms with Crippen molar-refractivity contribution in [3.05, 3.63) is 120 Å². The molecular formula is C41H45N9O4. The third-order valence-corrected chi connectivity index (χ3v) is 8.40. The molecule has 0 bridgehead atoms. The van der Waals surface area contributed by atoms with Crippen LogP contribution >= 0.6 is 0 Å². The number of carbonyl (C=O) groups excluding carboxylic acids is 2. The number of hydrogen-bond acceptors (Lipinski definition) is 9. The second-order valence-corrected chi connectivity index (χ2v) is 13.0. The van der Waals surface area contributed by atoms with Crippen LogP contribution in [0.4, 0.5) is 27.9 Å². The molecule has 0 aliphatic rings. The molecule has 0 fully saturated rings. The van der Waals surface area contributed by atoms with Gasteiger partial charge in [-0.2, -0.15) is 5.10 Å². The van der Waals surface area contributed by atoms with Gasteiger partial charge in [-0.05, 0) is 75.6 Å². The summed E-state index contributed by atoms with van der Waals surface area (Å²) in [5.74, 6) is 1.92. The number of aryl methyl sites for hydroxylation is 2. The highest BCUT2D eigenvalue weighted by Gasteiger charge is 2.15. The van der Waals surface area contributed by atoms with Gasteiger partial charge in [0.1, 0.15) is 35.5 Å². The first-order chi connectivity index (χ1) is 26.2. The Morgan fingerprint density at radius 1 is 0.870 bits per heavy atom. The SMILES string of the molecule is CCCCc1cc(NC(=O)Nc2ccc(OCc3ccnc(Nc4cnc(C(=O)NCCOC(C)C)cn4)c3)c3ccccc23)n(-c2ccc(C)cc2)n1. The monoisotopic (exact) mass is 727 g/mol. The molecular weight excluding hydrogens is 683 g/mol. The predicted octanol–water partition coefficient (Wildman–Crippen LogP) is 7.98. The molecule has 0 unspecified atom stereocenters. The van der Waals surface area contributed by atoms with Gasteiger partial charge in [-0.1, -0.05) is 55.3 Å². The second kappa shape index (κ2) is 17.9. The van der Waals surface area contributed by atoms with Gasteiger partial charge in [0.15, 0.2) is 0 Å². The number of aromatic nitrogens is 5. The summed E-state index contributed by atoms with van der Waals surface area (Å²) < 4.78 is 13.5. The van der Waals surface area contributed by atoms with E-state index in [1.165, 1.54) is 12.4 Å². The molecule has 0 atom stereocenters. The first-order valence-electron chi connectivity index (χ1n) is 18.1. The zero-order chi connectivity index (χ0) is 37.9. The molecule has 13 nitrogen and oxygen atoms in total. The zero-order valence-electron chi connectivity index (χ0n) is 30.9. The highest BCUT2D eigenvalue weighted by molar-refractivity contribution is 6.07. The number of unbranched alkanes of at least 4 members (excludes halogenated alkanes) is 1. The maximum Gasteiger partial charge on any atom is 0.324 e. The Balaban J connectivity index is 1.09. The van der Waals surface area contributed by atoms with Gasteiger partial charge in [-0.25, -0.2) is 24.4 Å². The third-order valence-electron chi connectivity index (χ3n) is 8.40. The highest BCUT2D eigenvalue weighted by atomic mass is 16.5. The van der Waals surface area contributed by atoms with Gasteiger partial charge in [0.2, 0.25) is 0 Å². The molecule has 0 spiro atoms. The summed E-state index contributed by atoms with van der Waals surface area (Å²) in [5.41, 5.74) is 4.65. The minimum atomic E-state index is -0.379. The van der Waals surface area contributed by atoms with Crippen LogP contribution in [-0.4, -0.2) is 55.9 Å². The average Bonchev–Trinajstić information content (AvgIpc) is 3.57. The van der Waals surface area contributed by atoms with E-state index < -0.39 is 0 Å². The van der Waals surface area contributed by atoms with E-state index in [1.54, 1.807) is 10.9 Å². The minimum Gasteiger partial charge on any atom is -0.488 e.